The van der Waals surface area contributed by atoms with Gasteiger partial charge in [-0.2, -0.15) is 5.10 Å². The van der Waals surface area contributed by atoms with Crippen LogP contribution in [0.2, 0.25) is 0 Å². The molecule has 5 nitrogen and oxygen atoms in total. The number of nitrogens with one attached hydrogen (secondary N) is 2. The fourth-order valence-corrected chi connectivity index (χ4v) is 2.99. The fourth-order valence-electron chi connectivity index (χ4n) is 2.72. The summed E-state index contributed by atoms with van der Waals surface area (Å²) in [6.45, 7) is 4.08. The summed E-state index contributed by atoms with van der Waals surface area (Å²) in [7, 11) is 0. The number of hydrogen-bond donors (Lipinski definition) is 2. The van der Waals surface area contributed by atoms with E-state index in [9.17, 15) is 4.79 Å². The molecule has 0 saturated carbocycles. The maximum Gasteiger partial charge on any atom is 0.259 e. The highest BCUT2D eigenvalue weighted by Crippen LogP contribution is 2.27. The normalized spacial score (nSPS) is 11.1. The molecule has 1 amide bonds. The van der Waals surface area contributed by atoms with Gasteiger partial charge in [-0.3, -0.25) is 4.79 Å². The molecule has 0 fully saturated rings. The highest BCUT2D eigenvalue weighted by Gasteiger charge is 2.09. The second kappa shape index (κ2) is 9.37. The third kappa shape index (κ3) is 5.33. The molecule has 0 radical (unpaired) electrons. The number of benzene rings is 3. The molecule has 0 unspecified atom stereocenters. The molecule has 0 aliphatic heterocycles. The fraction of sp³-hybridized carbons (Fsp3) is 0.182. The highest BCUT2D eigenvalue weighted by molar-refractivity contribution is 9.10. The van der Waals surface area contributed by atoms with Crippen LogP contribution in [0.25, 0.3) is 10.8 Å². The Kier molecular flexibility index (Phi) is 6.66. The molecule has 28 heavy (non-hydrogen) atoms. The predicted octanol–water partition coefficient (Wildman–Crippen LogP) is 4.95. The summed E-state index contributed by atoms with van der Waals surface area (Å²) >= 11 is 3.38. The van der Waals surface area contributed by atoms with Gasteiger partial charge in [0.15, 0.2) is 0 Å². The third-order valence-electron chi connectivity index (χ3n) is 3.97. The smallest absolute Gasteiger partial charge is 0.259 e. The summed E-state index contributed by atoms with van der Waals surface area (Å²) in [5.74, 6) is 0.505. The van der Waals surface area contributed by atoms with Gasteiger partial charge in [0.05, 0.1) is 18.9 Å². The lowest BCUT2D eigenvalue weighted by atomic mass is 10.0. The van der Waals surface area contributed by atoms with E-state index in [0.29, 0.717) is 0 Å². The van der Waals surface area contributed by atoms with E-state index in [1.807, 2.05) is 74.5 Å². The Morgan fingerprint density at radius 3 is 2.61 bits per heavy atom. The summed E-state index contributed by atoms with van der Waals surface area (Å²) in [4.78, 5) is 12.1. The van der Waals surface area contributed by atoms with E-state index in [2.05, 4.69) is 31.8 Å². The molecule has 0 bridgehead atoms. The molecule has 0 aliphatic carbocycles. The Hall–Kier alpha value is -2.86. The van der Waals surface area contributed by atoms with Crippen molar-refractivity contribution in [3.8, 4) is 5.75 Å². The number of fused-ring (bicyclic) bond motifs is 1. The number of carbonyl (C=O) groups excluding carboxylic acids is 1. The molecule has 6 heteroatoms. The number of hydrogen-bond acceptors (Lipinski definition) is 4. The highest BCUT2D eigenvalue weighted by atomic mass is 79.9. The van der Waals surface area contributed by atoms with Crippen molar-refractivity contribution in [3.63, 3.8) is 0 Å². The van der Waals surface area contributed by atoms with E-state index < -0.39 is 0 Å². The van der Waals surface area contributed by atoms with Crippen LogP contribution in [0, 0.1) is 0 Å². The van der Waals surface area contributed by atoms with Gasteiger partial charge >= 0.3 is 0 Å². The molecule has 0 atom stereocenters. The van der Waals surface area contributed by atoms with Crippen LogP contribution in [0.15, 0.2) is 70.2 Å². The van der Waals surface area contributed by atoms with E-state index in [-0.39, 0.29) is 18.6 Å². The first-order valence-corrected chi connectivity index (χ1v) is 9.82. The van der Waals surface area contributed by atoms with Gasteiger partial charge in [0, 0.05) is 15.7 Å². The van der Waals surface area contributed by atoms with E-state index in [0.717, 1.165) is 32.2 Å². The number of ether oxygens (including phenoxy) is 1. The van der Waals surface area contributed by atoms with Gasteiger partial charge in [0.25, 0.3) is 5.91 Å². The summed E-state index contributed by atoms with van der Waals surface area (Å²) < 4.78 is 6.89. The van der Waals surface area contributed by atoms with Crippen LogP contribution in [-0.2, 0) is 4.79 Å². The largest absolute Gasteiger partial charge is 0.490 e. The maximum absolute atomic E-state index is 12.1. The summed E-state index contributed by atoms with van der Waals surface area (Å²) in [6, 6.07) is 19.6. The Morgan fingerprint density at radius 1 is 1.11 bits per heavy atom. The van der Waals surface area contributed by atoms with Gasteiger partial charge < -0.3 is 10.1 Å². The van der Waals surface area contributed by atoms with Crippen molar-refractivity contribution in [1.29, 1.82) is 0 Å². The average Bonchev–Trinajstić information content (AvgIpc) is 2.68. The molecule has 0 spiro atoms. The minimum Gasteiger partial charge on any atom is -0.490 e. The molecule has 144 valence electrons. The number of amides is 1. The number of carbonyl (C=O) groups is 1. The maximum atomic E-state index is 12.1. The lowest BCUT2D eigenvalue weighted by Gasteiger charge is -2.14. The van der Waals surface area contributed by atoms with Crippen LogP contribution in [-0.4, -0.2) is 24.8 Å². The van der Waals surface area contributed by atoms with Crippen molar-refractivity contribution in [2.24, 2.45) is 5.10 Å². The van der Waals surface area contributed by atoms with Crippen molar-refractivity contribution in [3.05, 3.63) is 70.7 Å². The third-order valence-corrected chi connectivity index (χ3v) is 4.50. The van der Waals surface area contributed by atoms with Gasteiger partial charge in [-0.05, 0) is 55.0 Å². The molecule has 0 saturated heterocycles. The van der Waals surface area contributed by atoms with Gasteiger partial charge in [-0.15, -0.1) is 0 Å². The van der Waals surface area contributed by atoms with E-state index in [4.69, 9.17) is 4.74 Å². The van der Waals surface area contributed by atoms with Crippen LogP contribution in [0.5, 0.6) is 5.75 Å². The van der Waals surface area contributed by atoms with Gasteiger partial charge in [-0.1, -0.05) is 46.3 Å². The van der Waals surface area contributed by atoms with Crippen molar-refractivity contribution in [1.82, 2.24) is 5.43 Å². The van der Waals surface area contributed by atoms with Crippen LogP contribution in [0.3, 0.4) is 0 Å². The van der Waals surface area contributed by atoms with Crippen molar-refractivity contribution >= 4 is 44.5 Å². The topological polar surface area (TPSA) is 62.7 Å². The zero-order chi connectivity index (χ0) is 19.9. The summed E-state index contributed by atoms with van der Waals surface area (Å²) in [5, 5.41) is 9.30. The number of hydrazone groups is 1. The van der Waals surface area contributed by atoms with E-state index >= 15 is 0 Å². The lowest BCUT2D eigenvalue weighted by molar-refractivity contribution is -0.119. The Labute approximate surface area is 172 Å². The molecule has 0 aliphatic rings. The average molecular weight is 440 g/mol. The SMILES string of the molecule is CC(C)Oc1ccc2ccccc2c1/C=N\NC(=O)CNc1ccc(Br)cc1. The Balaban J connectivity index is 1.69. The summed E-state index contributed by atoms with van der Waals surface area (Å²) in [6.07, 6.45) is 1.68. The zero-order valence-electron chi connectivity index (χ0n) is 15.8. The van der Waals surface area contributed by atoms with Crippen molar-refractivity contribution in [2.45, 2.75) is 20.0 Å². The van der Waals surface area contributed by atoms with Gasteiger partial charge in [0.2, 0.25) is 0 Å². The molecular formula is C22H22BrN3O2. The Morgan fingerprint density at radius 2 is 1.86 bits per heavy atom. The van der Waals surface area contributed by atoms with Gasteiger partial charge in [0.1, 0.15) is 5.75 Å². The van der Waals surface area contributed by atoms with Crippen molar-refractivity contribution in [2.75, 3.05) is 11.9 Å². The van der Waals surface area contributed by atoms with Gasteiger partial charge in [-0.25, -0.2) is 5.43 Å². The van der Waals surface area contributed by atoms with E-state index in [1.165, 1.54) is 0 Å². The first-order valence-electron chi connectivity index (χ1n) is 9.02. The van der Waals surface area contributed by atoms with Crippen LogP contribution in [0.4, 0.5) is 5.69 Å². The molecular weight excluding hydrogens is 418 g/mol. The molecule has 3 rings (SSSR count). The minimum atomic E-state index is -0.231. The first-order chi connectivity index (χ1) is 13.5. The zero-order valence-corrected chi connectivity index (χ0v) is 17.4. The molecule has 0 aromatic heterocycles. The van der Waals surface area contributed by atoms with Crippen LogP contribution >= 0.6 is 15.9 Å². The van der Waals surface area contributed by atoms with E-state index in [1.54, 1.807) is 6.21 Å². The molecule has 2 N–H and O–H groups in total. The number of nitrogens with zero attached hydrogens (tertiary/aromatic N) is 1. The molecule has 3 aromatic rings. The first kappa shape index (κ1) is 19.9. The Bertz CT molecular complexity index is 985. The van der Waals surface area contributed by atoms with Crippen LogP contribution in [0.1, 0.15) is 19.4 Å². The monoisotopic (exact) mass is 439 g/mol. The second-order valence-corrected chi connectivity index (χ2v) is 7.43. The number of halogens is 1. The number of rotatable bonds is 7. The van der Waals surface area contributed by atoms with Crippen LogP contribution < -0.4 is 15.5 Å². The second-order valence-electron chi connectivity index (χ2n) is 6.52. The standard InChI is InChI=1S/C22H22BrN3O2/c1-15(2)28-21-12-7-16-5-3-4-6-19(16)20(21)13-25-26-22(27)14-24-18-10-8-17(23)9-11-18/h3-13,15,24H,14H2,1-2H3,(H,26,27)/b25-13-. The molecule has 3 aromatic carbocycles. The minimum absolute atomic E-state index is 0.0398. The lowest BCUT2D eigenvalue weighted by Crippen LogP contribution is -2.25. The quantitative estimate of drug-likeness (QED) is 0.404. The predicted molar refractivity (Wildman–Crippen MR) is 118 cm³/mol. The summed E-state index contributed by atoms with van der Waals surface area (Å²) in [5.41, 5.74) is 4.27. The number of anilines is 1. The molecule has 0 heterocycles. The van der Waals surface area contributed by atoms with Crippen molar-refractivity contribution < 1.29 is 9.53 Å².